The van der Waals surface area contributed by atoms with Crippen LogP contribution in [0.4, 0.5) is 0 Å². The van der Waals surface area contributed by atoms with Gasteiger partial charge in [0.25, 0.3) is 5.56 Å². The lowest BCUT2D eigenvalue weighted by atomic mass is 9.94. The largest absolute Gasteiger partial charge is 0.493 e. The van der Waals surface area contributed by atoms with Crippen LogP contribution in [0.5, 0.6) is 11.5 Å². The standard InChI is InChI=1S/C28H28N2O5S/c1-5-34-25-20(15-11-16-21(25)33-4)24-23(27(32)35-6-2)18(3)29-28-30(24)26(31)22(36-28)17-10-14-19-12-8-7-9-13-19/h7-17,24H,5-6H2,1-4H3/b14-10-,22-17?/t24-/m0/s1. The van der Waals surface area contributed by atoms with E-state index in [4.69, 9.17) is 14.2 Å². The third kappa shape index (κ3) is 4.90. The van der Waals surface area contributed by atoms with Crippen LogP contribution in [-0.2, 0) is 9.53 Å². The minimum Gasteiger partial charge on any atom is -0.493 e. The van der Waals surface area contributed by atoms with Crippen molar-refractivity contribution < 1.29 is 19.0 Å². The number of allylic oxidation sites excluding steroid dienone is 2. The first-order valence-corrected chi connectivity index (χ1v) is 12.5. The zero-order valence-corrected chi connectivity index (χ0v) is 21.5. The van der Waals surface area contributed by atoms with Gasteiger partial charge in [-0.15, -0.1) is 0 Å². The van der Waals surface area contributed by atoms with Gasteiger partial charge in [0.1, 0.15) is 6.04 Å². The fraction of sp³-hybridized carbons (Fsp3) is 0.250. The van der Waals surface area contributed by atoms with Gasteiger partial charge in [0.2, 0.25) is 0 Å². The maximum atomic E-state index is 13.7. The lowest BCUT2D eigenvalue weighted by Crippen LogP contribution is -2.40. The molecule has 0 fully saturated rings. The average Bonchev–Trinajstić information content (AvgIpc) is 3.19. The smallest absolute Gasteiger partial charge is 0.338 e. The van der Waals surface area contributed by atoms with Crippen molar-refractivity contribution in [2.45, 2.75) is 26.8 Å². The number of fused-ring (bicyclic) bond motifs is 1. The number of hydrogen-bond donors (Lipinski definition) is 0. The highest BCUT2D eigenvalue weighted by atomic mass is 32.1. The highest BCUT2D eigenvalue weighted by Gasteiger charge is 2.35. The maximum Gasteiger partial charge on any atom is 0.338 e. The molecule has 0 radical (unpaired) electrons. The Bertz CT molecular complexity index is 1500. The molecule has 1 aliphatic rings. The van der Waals surface area contributed by atoms with E-state index >= 15 is 0 Å². The summed E-state index contributed by atoms with van der Waals surface area (Å²) in [6, 6.07) is 14.5. The molecule has 8 heteroatoms. The van der Waals surface area contributed by atoms with Crippen molar-refractivity contribution in [3.63, 3.8) is 0 Å². The number of methoxy groups -OCH3 is 1. The fourth-order valence-corrected chi connectivity index (χ4v) is 5.12. The summed E-state index contributed by atoms with van der Waals surface area (Å²) in [5.41, 5.74) is 2.20. The Morgan fingerprint density at radius 2 is 1.89 bits per heavy atom. The predicted octanol–water partition coefficient (Wildman–Crippen LogP) is 3.87. The first kappa shape index (κ1) is 25.2. The van der Waals surface area contributed by atoms with Crippen molar-refractivity contribution in [3.05, 3.63) is 96.7 Å². The summed E-state index contributed by atoms with van der Waals surface area (Å²) in [7, 11) is 1.56. The van der Waals surface area contributed by atoms with Crippen LogP contribution in [0.3, 0.4) is 0 Å². The molecule has 1 aliphatic heterocycles. The molecule has 0 saturated heterocycles. The van der Waals surface area contributed by atoms with E-state index in [1.807, 2.05) is 61.5 Å². The molecular formula is C28H28N2O5S. The zero-order chi connectivity index (χ0) is 25.7. The summed E-state index contributed by atoms with van der Waals surface area (Å²) in [5.74, 6) is 0.468. The van der Waals surface area contributed by atoms with Crippen LogP contribution in [0.2, 0.25) is 0 Å². The number of aromatic nitrogens is 1. The van der Waals surface area contributed by atoms with Crippen molar-refractivity contribution in [1.29, 1.82) is 0 Å². The number of carbonyl (C=O) groups excluding carboxylic acids is 1. The minimum atomic E-state index is -0.780. The molecule has 2 aromatic carbocycles. The molecule has 0 bridgehead atoms. The van der Waals surface area contributed by atoms with Gasteiger partial charge in [-0.2, -0.15) is 0 Å². The van der Waals surface area contributed by atoms with Crippen molar-refractivity contribution in [3.8, 4) is 11.5 Å². The van der Waals surface area contributed by atoms with Gasteiger partial charge in [0.15, 0.2) is 16.3 Å². The second kappa shape index (κ2) is 11.2. The molecule has 3 aromatic rings. The van der Waals surface area contributed by atoms with Gasteiger partial charge in [-0.05, 0) is 38.5 Å². The Labute approximate surface area is 213 Å². The summed E-state index contributed by atoms with van der Waals surface area (Å²) in [5, 5.41) is 0. The van der Waals surface area contributed by atoms with Crippen LogP contribution in [0.15, 0.2) is 75.7 Å². The van der Waals surface area contributed by atoms with Crippen molar-refractivity contribution in [2.75, 3.05) is 20.3 Å². The quantitative estimate of drug-likeness (QED) is 0.435. The van der Waals surface area contributed by atoms with Crippen LogP contribution in [0.25, 0.3) is 12.2 Å². The van der Waals surface area contributed by atoms with Crippen LogP contribution >= 0.6 is 11.3 Å². The molecular weight excluding hydrogens is 476 g/mol. The maximum absolute atomic E-state index is 13.7. The van der Waals surface area contributed by atoms with E-state index in [-0.39, 0.29) is 12.2 Å². The molecule has 0 unspecified atom stereocenters. The summed E-state index contributed by atoms with van der Waals surface area (Å²) >= 11 is 1.27. The monoisotopic (exact) mass is 504 g/mol. The SMILES string of the molecule is CCOC(=O)C1=C(C)N=c2sc(=C/C=C\c3ccccc3)c(=O)n2[C@H]1c1cccc(OC)c1OCC. The van der Waals surface area contributed by atoms with Crippen LogP contribution in [-0.4, -0.2) is 30.9 Å². The number of esters is 1. The Morgan fingerprint density at radius 3 is 2.58 bits per heavy atom. The summed E-state index contributed by atoms with van der Waals surface area (Å²) < 4.78 is 18.9. The lowest BCUT2D eigenvalue weighted by molar-refractivity contribution is -0.139. The van der Waals surface area contributed by atoms with E-state index in [1.54, 1.807) is 37.7 Å². The van der Waals surface area contributed by atoms with E-state index in [9.17, 15) is 9.59 Å². The summed E-state index contributed by atoms with van der Waals surface area (Å²) in [6.45, 7) is 5.96. The predicted molar refractivity (Wildman–Crippen MR) is 141 cm³/mol. The second-order valence-corrected chi connectivity index (χ2v) is 8.92. The summed E-state index contributed by atoms with van der Waals surface area (Å²) in [4.78, 5) is 31.9. The van der Waals surface area contributed by atoms with Crippen molar-refractivity contribution >= 4 is 29.5 Å². The molecule has 7 nitrogen and oxygen atoms in total. The molecule has 0 saturated carbocycles. The van der Waals surface area contributed by atoms with E-state index in [2.05, 4.69) is 4.99 Å². The van der Waals surface area contributed by atoms with Crippen LogP contribution in [0, 0.1) is 0 Å². The van der Waals surface area contributed by atoms with E-state index in [0.29, 0.717) is 44.3 Å². The fourth-order valence-electron chi connectivity index (χ4n) is 4.12. The van der Waals surface area contributed by atoms with Gasteiger partial charge < -0.3 is 14.2 Å². The van der Waals surface area contributed by atoms with Crippen LogP contribution in [0.1, 0.15) is 37.9 Å². The topological polar surface area (TPSA) is 79.1 Å². The van der Waals surface area contributed by atoms with Crippen LogP contribution < -0.4 is 24.4 Å². The number of nitrogens with zero attached hydrogens (tertiary/aromatic N) is 2. The number of carbonyl (C=O) groups is 1. The van der Waals surface area contributed by atoms with Gasteiger partial charge in [-0.3, -0.25) is 9.36 Å². The first-order chi connectivity index (χ1) is 17.5. The van der Waals surface area contributed by atoms with Gasteiger partial charge in [0, 0.05) is 5.56 Å². The molecule has 1 aromatic heterocycles. The highest BCUT2D eigenvalue weighted by molar-refractivity contribution is 7.07. The second-order valence-electron chi connectivity index (χ2n) is 7.91. The molecule has 0 amide bonds. The third-order valence-corrected chi connectivity index (χ3v) is 6.67. The molecule has 0 aliphatic carbocycles. The number of ether oxygens (including phenoxy) is 3. The Morgan fingerprint density at radius 1 is 1.11 bits per heavy atom. The molecule has 2 heterocycles. The molecule has 0 N–H and O–H groups in total. The number of benzene rings is 2. The van der Waals surface area contributed by atoms with Gasteiger partial charge in [0.05, 0.1) is 36.1 Å². The lowest BCUT2D eigenvalue weighted by Gasteiger charge is -2.26. The Hall–Kier alpha value is -3.91. The zero-order valence-electron chi connectivity index (χ0n) is 20.7. The van der Waals surface area contributed by atoms with Crippen molar-refractivity contribution in [2.24, 2.45) is 4.99 Å². The Kier molecular flexibility index (Phi) is 7.85. The van der Waals surface area contributed by atoms with E-state index in [0.717, 1.165) is 5.56 Å². The number of para-hydroxylation sites is 1. The van der Waals surface area contributed by atoms with Gasteiger partial charge >= 0.3 is 5.97 Å². The molecule has 36 heavy (non-hydrogen) atoms. The molecule has 186 valence electrons. The van der Waals surface area contributed by atoms with Gasteiger partial charge in [-0.1, -0.05) is 66.0 Å². The molecule has 4 rings (SSSR count). The van der Waals surface area contributed by atoms with Crippen molar-refractivity contribution in [1.82, 2.24) is 4.57 Å². The van der Waals surface area contributed by atoms with E-state index < -0.39 is 12.0 Å². The third-order valence-electron chi connectivity index (χ3n) is 5.67. The first-order valence-electron chi connectivity index (χ1n) is 11.7. The Balaban J connectivity index is 1.93. The molecule has 0 spiro atoms. The highest BCUT2D eigenvalue weighted by Crippen LogP contribution is 2.40. The van der Waals surface area contributed by atoms with Gasteiger partial charge in [-0.25, -0.2) is 9.79 Å². The summed E-state index contributed by atoms with van der Waals surface area (Å²) in [6.07, 6.45) is 5.54. The number of hydrogen-bond acceptors (Lipinski definition) is 7. The molecule has 1 atom stereocenters. The normalized spacial score (nSPS) is 15.6. The van der Waals surface area contributed by atoms with E-state index in [1.165, 1.54) is 11.3 Å². The minimum absolute atomic E-state index is 0.202. The number of thiazole rings is 1. The number of rotatable bonds is 8. The average molecular weight is 505 g/mol.